The highest BCUT2D eigenvalue weighted by atomic mass is 32.1. The maximum Gasteiger partial charge on any atom is 0.259 e. The predicted molar refractivity (Wildman–Crippen MR) is 168 cm³/mol. The molecule has 1 aliphatic rings. The predicted octanol–water partition coefficient (Wildman–Crippen LogP) is 6.56. The first-order valence-corrected chi connectivity index (χ1v) is 14.9. The van der Waals surface area contributed by atoms with Gasteiger partial charge in [-0.3, -0.25) is 9.20 Å². The monoisotopic (exact) mass is 591 g/mol. The molecule has 0 saturated carbocycles. The van der Waals surface area contributed by atoms with E-state index in [9.17, 15) is 4.79 Å². The second-order valence-electron chi connectivity index (χ2n) is 10.3. The molecule has 7 rings (SSSR count). The number of carbonyl (C=O) groups is 1. The van der Waals surface area contributed by atoms with Crippen molar-refractivity contribution in [1.29, 1.82) is 0 Å². The van der Waals surface area contributed by atoms with Crippen molar-refractivity contribution in [2.75, 3.05) is 41.8 Å². The number of nitrogens with zero attached hydrogens (tertiary/aromatic N) is 5. The number of ether oxygens (including phenoxy) is 1. The smallest absolute Gasteiger partial charge is 0.259 e. The van der Waals surface area contributed by atoms with Crippen LogP contribution >= 0.6 is 11.3 Å². The Morgan fingerprint density at radius 2 is 1.81 bits per heavy atom. The van der Waals surface area contributed by atoms with Crippen molar-refractivity contribution in [1.82, 2.24) is 19.4 Å². The summed E-state index contributed by atoms with van der Waals surface area (Å²) in [7, 11) is 0. The van der Waals surface area contributed by atoms with Crippen molar-refractivity contribution in [3.8, 4) is 22.6 Å². The fourth-order valence-electron chi connectivity index (χ4n) is 5.29. The Morgan fingerprint density at radius 1 is 0.977 bits per heavy atom. The van der Waals surface area contributed by atoms with Gasteiger partial charge >= 0.3 is 0 Å². The number of rotatable bonds is 7. The van der Waals surface area contributed by atoms with Crippen LogP contribution in [0.4, 0.5) is 23.0 Å². The van der Waals surface area contributed by atoms with E-state index in [1.807, 2.05) is 65.4 Å². The van der Waals surface area contributed by atoms with E-state index >= 15 is 0 Å². The maximum atomic E-state index is 13.0. The number of benzene rings is 2. The van der Waals surface area contributed by atoms with Gasteiger partial charge in [-0.15, -0.1) is 11.3 Å². The van der Waals surface area contributed by atoms with Crippen molar-refractivity contribution < 1.29 is 13.9 Å². The Hall–Kier alpha value is -5.00. The summed E-state index contributed by atoms with van der Waals surface area (Å²) in [5.74, 6) is 1.55. The lowest BCUT2D eigenvalue weighted by atomic mass is 10.1. The van der Waals surface area contributed by atoms with Crippen LogP contribution in [0.3, 0.4) is 0 Å². The van der Waals surface area contributed by atoms with Crippen LogP contribution in [0.25, 0.3) is 27.6 Å². The van der Waals surface area contributed by atoms with Gasteiger partial charge in [-0.05, 0) is 62.4 Å². The van der Waals surface area contributed by atoms with E-state index in [0.717, 1.165) is 59.6 Å². The number of hydrogen-bond donors (Lipinski definition) is 2. The summed E-state index contributed by atoms with van der Waals surface area (Å²) in [5, 5.41) is 8.34. The third kappa shape index (κ3) is 5.47. The molecule has 0 atom stereocenters. The van der Waals surface area contributed by atoms with E-state index in [-0.39, 0.29) is 5.91 Å². The molecule has 4 aromatic heterocycles. The van der Waals surface area contributed by atoms with Gasteiger partial charge in [0.15, 0.2) is 4.96 Å². The average Bonchev–Trinajstić information content (AvgIpc) is 3.72. The normalized spacial score (nSPS) is 13.4. The van der Waals surface area contributed by atoms with Crippen molar-refractivity contribution in [2.45, 2.75) is 13.8 Å². The van der Waals surface area contributed by atoms with Crippen LogP contribution < -0.4 is 15.5 Å². The van der Waals surface area contributed by atoms with Gasteiger partial charge < -0.3 is 24.7 Å². The number of amides is 1. The van der Waals surface area contributed by atoms with E-state index in [1.165, 1.54) is 5.69 Å². The van der Waals surface area contributed by atoms with Crippen LogP contribution in [0.2, 0.25) is 0 Å². The number of thiazole rings is 1. The van der Waals surface area contributed by atoms with Crippen molar-refractivity contribution in [3.63, 3.8) is 0 Å². The molecule has 6 aromatic rings. The first kappa shape index (κ1) is 26.9. The fourth-order valence-corrected chi connectivity index (χ4v) is 6.00. The number of hydrogen-bond acceptors (Lipinski definition) is 9. The van der Waals surface area contributed by atoms with Gasteiger partial charge in [0.2, 0.25) is 5.95 Å². The lowest BCUT2D eigenvalue weighted by Gasteiger charge is -2.28. The van der Waals surface area contributed by atoms with Gasteiger partial charge in [0.05, 0.1) is 30.2 Å². The molecule has 0 radical (unpaired) electrons. The zero-order valence-corrected chi connectivity index (χ0v) is 24.5. The summed E-state index contributed by atoms with van der Waals surface area (Å²) in [6.45, 7) is 6.89. The molecule has 0 unspecified atom stereocenters. The summed E-state index contributed by atoms with van der Waals surface area (Å²) in [4.78, 5) is 30.4. The summed E-state index contributed by atoms with van der Waals surface area (Å²) in [6, 6.07) is 19.6. The standard InChI is InChI=1S/C32H29N7O3S/c1-20-18-26(21(2)42-20)30(40)34-24-5-3-4-22(19-24)28-29(39-14-17-43-32(39)37-28)27-10-11-33-31(36-27)35-23-6-8-25(9-7-23)38-12-15-41-16-13-38/h3-11,14,17-19H,12-13,15-16H2,1-2H3,(H,34,40)(H,33,35,36). The molecule has 11 heteroatoms. The number of aryl methyl sites for hydroxylation is 2. The Kier molecular flexibility index (Phi) is 7.09. The van der Waals surface area contributed by atoms with E-state index in [0.29, 0.717) is 28.7 Å². The number of imidazole rings is 1. The van der Waals surface area contributed by atoms with Gasteiger partial charge in [-0.1, -0.05) is 12.1 Å². The molecule has 0 aliphatic carbocycles. The number of fused-ring (bicyclic) bond motifs is 1. The third-order valence-corrected chi connectivity index (χ3v) is 8.10. The molecule has 0 spiro atoms. The van der Waals surface area contributed by atoms with E-state index in [4.69, 9.17) is 19.1 Å². The first-order chi connectivity index (χ1) is 21.0. The van der Waals surface area contributed by atoms with Crippen LogP contribution in [-0.4, -0.2) is 51.6 Å². The molecule has 2 N–H and O–H groups in total. The van der Waals surface area contributed by atoms with E-state index in [1.54, 1.807) is 30.5 Å². The fraction of sp³-hybridized carbons (Fsp3) is 0.188. The molecule has 5 heterocycles. The highest BCUT2D eigenvalue weighted by molar-refractivity contribution is 7.15. The topological polar surface area (TPSA) is 110 Å². The molecule has 1 amide bonds. The molecule has 43 heavy (non-hydrogen) atoms. The zero-order chi connectivity index (χ0) is 29.3. The van der Waals surface area contributed by atoms with Gasteiger partial charge in [0.25, 0.3) is 5.91 Å². The van der Waals surface area contributed by atoms with Crippen LogP contribution in [0.15, 0.2) is 82.9 Å². The number of carbonyl (C=O) groups excluding carboxylic acids is 1. The van der Waals surface area contributed by atoms with Crippen molar-refractivity contribution in [2.24, 2.45) is 0 Å². The van der Waals surface area contributed by atoms with Gasteiger partial charge in [-0.25, -0.2) is 15.0 Å². The van der Waals surface area contributed by atoms with Gasteiger partial charge in [0, 0.05) is 53.5 Å². The summed E-state index contributed by atoms with van der Waals surface area (Å²) in [5.41, 5.74) is 6.43. The first-order valence-electron chi connectivity index (χ1n) is 14.0. The lowest BCUT2D eigenvalue weighted by Crippen LogP contribution is -2.36. The molecule has 1 saturated heterocycles. The molecule has 0 bridgehead atoms. The molecule has 1 aliphatic heterocycles. The highest BCUT2D eigenvalue weighted by Gasteiger charge is 2.20. The molecule has 2 aromatic carbocycles. The second-order valence-corrected chi connectivity index (χ2v) is 11.1. The number of morpholine rings is 1. The number of furan rings is 1. The average molecular weight is 592 g/mol. The van der Waals surface area contributed by atoms with Gasteiger partial charge in [-0.2, -0.15) is 0 Å². The largest absolute Gasteiger partial charge is 0.466 e. The quantitative estimate of drug-likeness (QED) is 0.215. The van der Waals surface area contributed by atoms with Crippen LogP contribution in [0.5, 0.6) is 0 Å². The molecule has 216 valence electrons. The Morgan fingerprint density at radius 3 is 2.60 bits per heavy atom. The Labute approximate surface area is 252 Å². The highest BCUT2D eigenvalue weighted by Crippen LogP contribution is 2.35. The van der Waals surface area contributed by atoms with Crippen LogP contribution in [0, 0.1) is 13.8 Å². The minimum absolute atomic E-state index is 0.220. The summed E-state index contributed by atoms with van der Waals surface area (Å²) < 4.78 is 13.0. The molecule has 10 nitrogen and oxygen atoms in total. The van der Waals surface area contributed by atoms with E-state index < -0.39 is 0 Å². The molecule has 1 fully saturated rings. The van der Waals surface area contributed by atoms with Crippen molar-refractivity contribution in [3.05, 3.63) is 95.5 Å². The number of anilines is 4. The summed E-state index contributed by atoms with van der Waals surface area (Å²) in [6.07, 6.45) is 3.73. The zero-order valence-electron chi connectivity index (χ0n) is 23.7. The third-order valence-electron chi connectivity index (χ3n) is 7.34. The second kappa shape index (κ2) is 11.3. The molecular weight excluding hydrogens is 562 g/mol. The Balaban J connectivity index is 1.17. The number of nitrogens with one attached hydrogen (secondary N) is 2. The van der Waals surface area contributed by atoms with Gasteiger partial charge in [0.1, 0.15) is 17.2 Å². The summed E-state index contributed by atoms with van der Waals surface area (Å²) >= 11 is 1.55. The SMILES string of the molecule is Cc1cc(C(=O)Nc2cccc(-c3nc4sccn4c3-c3ccnc(Nc4ccc(N5CCOCC5)cc4)n3)c2)c(C)o1. The maximum absolute atomic E-state index is 13.0. The lowest BCUT2D eigenvalue weighted by molar-refractivity contribution is 0.102. The van der Waals surface area contributed by atoms with Crippen molar-refractivity contribution >= 4 is 45.2 Å². The number of aromatic nitrogens is 4. The minimum atomic E-state index is -0.220. The van der Waals surface area contributed by atoms with Crippen LogP contribution in [0.1, 0.15) is 21.9 Å². The Bertz CT molecular complexity index is 1920. The van der Waals surface area contributed by atoms with E-state index in [2.05, 4.69) is 32.7 Å². The molecular formula is C32H29N7O3S. The van der Waals surface area contributed by atoms with Crippen LogP contribution in [-0.2, 0) is 4.74 Å². The minimum Gasteiger partial charge on any atom is -0.466 e.